The average Bonchev–Trinajstić information content (AvgIpc) is 2.40. The van der Waals surface area contributed by atoms with E-state index in [-0.39, 0.29) is 11.5 Å². The predicted octanol–water partition coefficient (Wildman–Crippen LogP) is 3.87. The summed E-state index contributed by atoms with van der Waals surface area (Å²) in [6.45, 7) is 0. The molecule has 0 aromatic carbocycles. The first-order valence-electron chi connectivity index (χ1n) is 7.42. The van der Waals surface area contributed by atoms with Gasteiger partial charge in [0.25, 0.3) is 0 Å². The Kier molecular flexibility index (Phi) is 3.38. The summed E-state index contributed by atoms with van der Waals surface area (Å²) in [5, 5.41) is 10.8. The predicted molar refractivity (Wildman–Crippen MR) is 72.1 cm³/mol. The molecule has 1 atom stereocenters. The van der Waals surface area contributed by atoms with Crippen molar-refractivity contribution < 1.29 is 5.11 Å². The number of hydrogen-bond donors (Lipinski definition) is 1. The topological polar surface area (TPSA) is 33.1 Å². The van der Waals surface area contributed by atoms with Crippen LogP contribution in [0.15, 0.2) is 24.4 Å². The fourth-order valence-electron chi connectivity index (χ4n) is 4.00. The maximum absolute atomic E-state index is 10.8. The van der Waals surface area contributed by atoms with Gasteiger partial charge >= 0.3 is 0 Å². The summed E-state index contributed by atoms with van der Waals surface area (Å²) in [4.78, 5) is 4.37. The van der Waals surface area contributed by atoms with Gasteiger partial charge in [-0.3, -0.25) is 4.98 Å². The zero-order valence-electron chi connectivity index (χ0n) is 11.0. The summed E-state index contributed by atoms with van der Waals surface area (Å²) in [6.07, 6.45) is 11.8. The third-order valence-electron chi connectivity index (χ3n) is 5.22. The van der Waals surface area contributed by atoms with Crippen molar-refractivity contribution in [2.75, 3.05) is 0 Å². The van der Waals surface area contributed by atoms with Crippen molar-refractivity contribution in [1.29, 1.82) is 0 Å². The molecule has 98 valence electrons. The Hall–Kier alpha value is -0.890. The van der Waals surface area contributed by atoms with Gasteiger partial charge in [-0.25, -0.2) is 0 Å². The SMILES string of the molecule is OC(c1ccccn1)C1(C2CCCCC2)CCC1. The largest absolute Gasteiger partial charge is 0.386 e. The standard InChI is InChI=1S/C16H23NO/c18-15(14-9-4-5-12-17-14)16(10-6-11-16)13-7-2-1-3-8-13/h4-5,9,12-13,15,18H,1-3,6-8,10-11H2. The molecule has 2 aliphatic rings. The van der Waals surface area contributed by atoms with Gasteiger partial charge < -0.3 is 5.11 Å². The molecule has 2 nitrogen and oxygen atoms in total. The minimum Gasteiger partial charge on any atom is -0.386 e. The molecule has 1 heterocycles. The Morgan fingerprint density at radius 3 is 2.44 bits per heavy atom. The number of nitrogens with zero attached hydrogens (tertiary/aromatic N) is 1. The van der Waals surface area contributed by atoms with Gasteiger partial charge in [-0.2, -0.15) is 0 Å². The van der Waals surface area contributed by atoms with Gasteiger partial charge in [0.15, 0.2) is 0 Å². The maximum Gasteiger partial charge on any atom is 0.102 e. The molecule has 3 rings (SSSR count). The molecular formula is C16H23NO. The molecule has 0 spiro atoms. The molecule has 1 aromatic heterocycles. The summed E-state index contributed by atoms with van der Waals surface area (Å²) in [5.74, 6) is 0.719. The third-order valence-corrected chi connectivity index (χ3v) is 5.22. The van der Waals surface area contributed by atoms with Crippen LogP contribution in [-0.4, -0.2) is 10.1 Å². The zero-order chi connectivity index (χ0) is 12.4. The van der Waals surface area contributed by atoms with Crippen LogP contribution in [0.25, 0.3) is 0 Å². The summed E-state index contributed by atoms with van der Waals surface area (Å²) >= 11 is 0. The van der Waals surface area contributed by atoms with Crippen LogP contribution in [0.3, 0.4) is 0 Å². The van der Waals surface area contributed by atoms with Gasteiger partial charge in [0.1, 0.15) is 6.10 Å². The molecule has 2 heteroatoms. The Bertz CT molecular complexity index is 379. The van der Waals surface area contributed by atoms with Crippen LogP contribution < -0.4 is 0 Å². The number of pyridine rings is 1. The van der Waals surface area contributed by atoms with E-state index in [1.807, 2.05) is 18.2 Å². The van der Waals surface area contributed by atoms with Crippen molar-refractivity contribution in [1.82, 2.24) is 4.98 Å². The second kappa shape index (κ2) is 5.00. The van der Waals surface area contributed by atoms with Crippen LogP contribution in [0.4, 0.5) is 0 Å². The van der Waals surface area contributed by atoms with E-state index in [4.69, 9.17) is 0 Å². The highest BCUT2D eigenvalue weighted by Gasteiger charge is 2.50. The molecule has 2 saturated carbocycles. The van der Waals surface area contributed by atoms with Crippen LogP contribution >= 0.6 is 0 Å². The van der Waals surface area contributed by atoms with E-state index in [2.05, 4.69) is 4.98 Å². The Balaban J connectivity index is 1.82. The zero-order valence-corrected chi connectivity index (χ0v) is 11.0. The second-order valence-electron chi connectivity index (χ2n) is 6.08. The normalized spacial score (nSPS) is 25.4. The van der Waals surface area contributed by atoms with E-state index in [0.717, 1.165) is 11.6 Å². The quantitative estimate of drug-likeness (QED) is 0.877. The first kappa shape index (κ1) is 12.2. The molecule has 0 bridgehead atoms. The number of aromatic nitrogens is 1. The van der Waals surface area contributed by atoms with E-state index in [0.29, 0.717) is 0 Å². The van der Waals surface area contributed by atoms with Gasteiger partial charge in [0, 0.05) is 11.6 Å². The third kappa shape index (κ3) is 1.97. The monoisotopic (exact) mass is 245 g/mol. The number of rotatable bonds is 3. The van der Waals surface area contributed by atoms with E-state index in [1.54, 1.807) is 6.20 Å². The van der Waals surface area contributed by atoms with E-state index < -0.39 is 0 Å². The lowest BCUT2D eigenvalue weighted by Crippen LogP contribution is -2.43. The van der Waals surface area contributed by atoms with Crippen molar-refractivity contribution in [3.05, 3.63) is 30.1 Å². The molecule has 1 aromatic rings. The summed E-state index contributed by atoms with van der Waals surface area (Å²) < 4.78 is 0. The fraction of sp³-hybridized carbons (Fsp3) is 0.688. The van der Waals surface area contributed by atoms with Gasteiger partial charge in [0.05, 0.1) is 5.69 Å². The summed E-state index contributed by atoms with van der Waals surface area (Å²) in [7, 11) is 0. The number of hydrogen-bond acceptors (Lipinski definition) is 2. The molecule has 2 fully saturated rings. The lowest BCUT2D eigenvalue weighted by atomic mass is 9.54. The second-order valence-corrected chi connectivity index (χ2v) is 6.08. The summed E-state index contributed by atoms with van der Waals surface area (Å²) in [5.41, 5.74) is 1.03. The lowest BCUT2D eigenvalue weighted by molar-refractivity contribution is -0.0940. The van der Waals surface area contributed by atoms with Gasteiger partial charge in [-0.05, 0) is 43.7 Å². The smallest absolute Gasteiger partial charge is 0.102 e. The number of aliphatic hydroxyl groups is 1. The van der Waals surface area contributed by atoms with Crippen LogP contribution in [0, 0.1) is 11.3 Å². The molecule has 18 heavy (non-hydrogen) atoms. The average molecular weight is 245 g/mol. The van der Waals surface area contributed by atoms with Crippen LogP contribution in [0.5, 0.6) is 0 Å². The van der Waals surface area contributed by atoms with E-state index in [9.17, 15) is 5.11 Å². The minimum absolute atomic E-state index is 0.148. The van der Waals surface area contributed by atoms with Crippen molar-refractivity contribution in [2.24, 2.45) is 11.3 Å². The van der Waals surface area contributed by atoms with Crippen LogP contribution in [0.2, 0.25) is 0 Å². The fourth-order valence-corrected chi connectivity index (χ4v) is 4.00. The highest BCUT2D eigenvalue weighted by atomic mass is 16.3. The molecule has 1 unspecified atom stereocenters. The highest BCUT2D eigenvalue weighted by molar-refractivity contribution is 5.13. The minimum atomic E-state index is -0.351. The molecule has 0 amide bonds. The van der Waals surface area contributed by atoms with E-state index >= 15 is 0 Å². The Morgan fingerprint density at radius 1 is 1.11 bits per heavy atom. The van der Waals surface area contributed by atoms with Crippen molar-refractivity contribution in [3.63, 3.8) is 0 Å². The Morgan fingerprint density at radius 2 is 1.89 bits per heavy atom. The molecule has 0 saturated heterocycles. The van der Waals surface area contributed by atoms with Crippen molar-refractivity contribution in [3.8, 4) is 0 Å². The van der Waals surface area contributed by atoms with Crippen molar-refractivity contribution >= 4 is 0 Å². The summed E-state index contributed by atoms with van der Waals surface area (Å²) in [6, 6.07) is 5.89. The molecule has 0 radical (unpaired) electrons. The molecule has 2 aliphatic carbocycles. The van der Waals surface area contributed by atoms with Gasteiger partial charge in [-0.1, -0.05) is 31.7 Å². The van der Waals surface area contributed by atoms with Crippen molar-refractivity contribution in [2.45, 2.75) is 57.5 Å². The first-order chi connectivity index (χ1) is 8.83. The lowest BCUT2D eigenvalue weighted by Gasteiger charge is -2.52. The van der Waals surface area contributed by atoms with Gasteiger partial charge in [0.2, 0.25) is 0 Å². The van der Waals surface area contributed by atoms with Gasteiger partial charge in [-0.15, -0.1) is 0 Å². The molecule has 0 aliphatic heterocycles. The number of aliphatic hydroxyl groups excluding tert-OH is 1. The van der Waals surface area contributed by atoms with Crippen LogP contribution in [-0.2, 0) is 0 Å². The van der Waals surface area contributed by atoms with E-state index in [1.165, 1.54) is 51.4 Å². The maximum atomic E-state index is 10.8. The highest BCUT2D eigenvalue weighted by Crippen LogP contribution is 2.58. The Labute approximate surface area is 109 Å². The first-order valence-corrected chi connectivity index (χ1v) is 7.42. The molecule has 1 N–H and O–H groups in total. The molecular weight excluding hydrogens is 222 g/mol. The van der Waals surface area contributed by atoms with Crippen LogP contribution in [0.1, 0.15) is 63.2 Å².